The van der Waals surface area contributed by atoms with E-state index in [-0.39, 0.29) is 17.9 Å². The Morgan fingerprint density at radius 1 is 1.11 bits per heavy atom. The maximum absolute atomic E-state index is 12.2. The van der Waals surface area contributed by atoms with E-state index >= 15 is 0 Å². The third-order valence-corrected chi connectivity index (χ3v) is 4.32. The molecule has 1 aliphatic rings. The Balaban J connectivity index is 2.49. The highest BCUT2D eigenvalue weighted by Crippen LogP contribution is 2.15. The van der Waals surface area contributed by atoms with Gasteiger partial charge >= 0.3 is 0 Å². The molecule has 1 rings (SSSR count). The summed E-state index contributed by atoms with van der Waals surface area (Å²) < 4.78 is 0. The Kier molecular flexibility index (Phi) is 5.53. The Labute approximate surface area is 115 Å². The van der Waals surface area contributed by atoms with E-state index < -0.39 is 0 Å². The zero-order valence-corrected chi connectivity index (χ0v) is 12.7. The van der Waals surface area contributed by atoms with Crippen molar-refractivity contribution in [3.8, 4) is 0 Å². The Morgan fingerprint density at radius 2 is 1.61 bits per heavy atom. The van der Waals surface area contributed by atoms with E-state index in [1.54, 1.807) is 0 Å². The summed E-state index contributed by atoms with van der Waals surface area (Å²) in [5, 5.41) is 0. The number of thiocarbonyl (C=S) groups is 1. The normalized spacial score (nSPS) is 20.8. The number of nitrogens with two attached hydrogens (primary N) is 1. The molecule has 104 valence electrons. The lowest BCUT2D eigenvalue weighted by atomic mass is 9.96. The number of nitrogens with zero attached hydrogens (tertiary/aromatic N) is 2. The summed E-state index contributed by atoms with van der Waals surface area (Å²) in [4.78, 5) is 16.9. The molecule has 0 aromatic carbocycles. The second kappa shape index (κ2) is 6.48. The first-order valence-electron chi connectivity index (χ1n) is 6.66. The molecule has 2 N–H and O–H groups in total. The summed E-state index contributed by atoms with van der Waals surface area (Å²) in [5.41, 5.74) is 5.66. The average molecular weight is 271 g/mol. The van der Waals surface area contributed by atoms with Crippen LogP contribution >= 0.6 is 12.2 Å². The second-order valence-corrected chi connectivity index (χ2v) is 5.94. The quantitative estimate of drug-likeness (QED) is 0.778. The van der Waals surface area contributed by atoms with Crippen LogP contribution in [0.3, 0.4) is 0 Å². The fourth-order valence-corrected chi connectivity index (χ4v) is 2.23. The van der Waals surface area contributed by atoms with E-state index in [4.69, 9.17) is 18.0 Å². The molecule has 1 amide bonds. The number of carbonyl (C=O) groups is 1. The van der Waals surface area contributed by atoms with Crippen molar-refractivity contribution in [2.45, 2.75) is 33.7 Å². The summed E-state index contributed by atoms with van der Waals surface area (Å²) >= 11 is 5.01. The molecule has 2 atom stereocenters. The Bertz CT molecular complexity index is 311. The third-order valence-electron chi connectivity index (χ3n) is 3.97. The molecule has 0 aromatic heterocycles. The van der Waals surface area contributed by atoms with Crippen LogP contribution in [0.25, 0.3) is 0 Å². The van der Waals surface area contributed by atoms with Gasteiger partial charge in [-0.15, -0.1) is 0 Å². The van der Waals surface area contributed by atoms with Crippen molar-refractivity contribution in [2.75, 3.05) is 26.2 Å². The molecule has 5 heteroatoms. The molecule has 1 fully saturated rings. The smallest absolute Gasteiger partial charge is 0.225 e. The lowest BCUT2D eigenvalue weighted by Gasteiger charge is -2.39. The number of piperazine rings is 1. The van der Waals surface area contributed by atoms with Crippen LogP contribution in [0.4, 0.5) is 0 Å². The standard InChI is InChI=1S/C13H25N3OS/c1-9(2)10(3)13(17)16-7-5-15(6-8-16)11(4)12(14)18/h9-11H,5-8H2,1-4H3,(H2,14,18). The fourth-order valence-electron chi connectivity index (χ4n) is 2.08. The molecule has 0 radical (unpaired) electrons. The van der Waals surface area contributed by atoms with Gasteiger partial charge in [0, 0.05) is 32.1 Å². The fraction of sp³-hybridized carbons (Fsp3) is 0.846. The van der Waals surface area contributed by atoms with Gasteiger partial charge in [0.1, 0.15) is 0 Å². The van der Waals surface area contributed by atoms with Crippen molar-refractivity contribution >= 4 is 23.1 Å². The largest absolute Gasteiger partial charge is 0.392 e. The zero-order valence-electron chi connectivity index (χ0n) is 11.8. The molecule has 2 unspecified atom stereocenters. The molecular weight excluding hydrogens is 246 g/mol. The maximum atomic E-state index is 12.2. The minimum absolute atomic E-state index is 0.101. The van der Waals surface area contributed by atoms with Crippen LogP contribution in [0, 0.1) is 11.8 Å². The van der Waals surface area contributed by atoms with Crippen LogP contribution < -0.4 is 5.73 Å². The molecule has 1 saturated heterocycles. The van der Waals surface area contributed by atoms with Crippen molar-refractivity contribution in [3.63, 3.8) is 0 Å². The topological polar surface area (TPSA) is 49.6 Å². The van der Waals surface area contributed by atoms with Gasteiger partial charge in [0.2, 0.25) is 5.91 Å². The Hall–Kier alpha value is -0.680. The van der Waals surface area contributed by atoms with Crippen molar-refractivity contribution in [3.05, 3.63) is 0 Å². The monoisotopic (exact) mass is 271 g/mol. The average Bonchev–Trinajstić information content (AvgIpc) is 2.36. The first kappa shape index (κ1) is 15.4. The van der Waals surface area contributed by atoms with E-state index in [2.05, 4.69) is 18.7 Å². The summed E-state index contributed by atoms with van der Waals surface area (Å²) in [6.07, 6.45) is 0. The molecule has 4 nitrogen and oxygen atoms in total. The summed E-state index contributed by atoms with van der Waals surface area (Å²) in [5.74, 6) is 0.767. The number of rotatable bonds is 4. The molecule has 1 heterocycles. The van der Waals surface area contributed by atoms with E-state index in [9.17, 15) is 4.79 Å². The molecule has 0 aromatic rings. The highest BCUT2D eigenvalue weighted by molar-refractivity contribution is 7.80. The highest BCUT2D eigenvalue weighted by Gasteiger charge is 2.28. The molecule has 1 aliphatic heterocycles. The molecular formula is C13H25N3OS. The van der Waals surface area contributed by atoms with Gasteiger partial charge in [0.25, 0.3) is 0 Å². The Morgan fingerprint density at radius 3 is 2.00 bits per heavy atom. The van der Waals surface area contributed by atoms with Gasteiger partial charge in [-0.3, -0.25) is 9.69 Å². The number of hydrogen-bond acceptors (Lipinski definition) is 3. The van der Waals surface area contributed by atoms with Gasteiger partial charge in [-0.2, -0.15) is 0 Å². The van der Waals surface area contributed by atoms with Crippen molar-refractivity contribution < 1.29 is 4.79 Å². The molecule has 0 saturated carbocycles. The van der Waals surface area contributed by atoms with Crippen LogP contribution in [0.2, 0.25) is 0 Å². The molecule has 18 heavy (non-hydrogen) atoms. The highest BCUT2D eigenvalue weighted by atomic mass is 32.1. The minimum Gasteiger partial charge on any atom is -0.392 e. The lowest BCUT2D eigenvalue weighted by molar-refractivity contribution is -0.138. The summed E-state index contributed by atoms with van der Waals surface area (Å²) in [7, 11) is 0. The maximum Gasteiger partial charge on any atom is 0.225 e. The number of amides is 1. The predicted molar refractivity (Wildman–Crippen MR) is 78.4 cm³/mol. The number of hydrogen-bond donors (Lipinski definition) is 1. The summed E-state index contributed by atoms with van der Waals surface area (Å²) in [6, 6.07) is 0.125. The van der Waals surface area contributed by atoms with Crippen molar-refractivity contribution in [1.29, 1.82) is 0 Å². The van der Waals surface area contributed by atoms with Gasteiger partial charge in [-0.1, -0.05) is 33.0 Å². The van der Waals surface area contributed by atoms with Gasteiger partial charge in [0.15, 0.2) is 0 Å². The van der Waals surface area contributed by atoms with E-state index in [0.29, 0.717) is 10.9 Å². The number of carbonyl (C=O) groups excluding carboxylic acids is 1. The van der Waals surface area contributed by atoms with Gasteiger partial charge in [-0.25, -0.2) is 0 Å². The third kappa shape index (κ3) is 3.65. The van der Waals surface area contributed by atoms with Gasteiger partial charge < -0.3 is 10.6 Å². The van der Waals surface area contributed by atoms with Crippen LogP contribution in [-0.4, -0.2) is 52.9 Å². The van der Waals surface area contributed by atoms with Gasteiger partial charge in [0.05, 0.1) is 11.0 Å². The molecule has 0 bridgehead atoms. The van der Waals surface area contributed by atoms with E-state index in [0.717, 1.165) is 26.2 Å². The first-order valence-corrected chi connectivity index (χ1v) is 7.07. The van der Waals surface area contributed by atoms with Crippen LogP contribution in [0.1, 0.15) is 27.7 Å². The summed E-state index contributed by atoms with van der Waals surface area (Å²) in [6.45, 7) is 11.5. The van der Waals surface area contributed by atoms with Crippen LogP contribution in [0.15, 0.2) is 0 Å². The van der Waals surface area contributed by atoms with Crippen LogP contribution in [0.5, 0.6) is 0 Å². The predicted octanol–water partition coefficient (Wildman–Crippen LogP) is 1.10. The van der Waals surface area contributed by atoms with Gasteiger partial charge in [-0.05, 0) is 12.8 Å². The molecule has 0 spiro atoms. The van der Waals surface area contributed by atoms with E-state index in [1.807, 2.05) is 18.7 Å². The second-order valence-electron chi connectivity index (χ2n) is 5.47. The first-order chi connectivity index (χ1) is 8.34. The van der Waals surface area contributed by atoms with Crippen molar-refractivity contribution in [1.82, 2.24) is 9.80 Å². The van der Waals surface area contributed by atoms with Crippen LogP contribution in [-0.2, 0) is 4.79 Å². The molecule has 0 aliphatic carbocycles. The zero-order chi connectivity index (χ0) is 13.9. The SMILES string of the molecule is CC(C)C(C)C(=O)N1CCN(C(C)C(N)=S)CC1. The lowest BCUT2D eigenvalue weighted by Crippen LogP contribution is -2.55. The van der Waals surface area contributed by atoms with E-state index in [1.165, 1.54) is 0 Å². The minimum atomic E-state index is 0.101. The van der Waals surface area contributed by atoms with Crippen molar-refractivity contribution in [2.24, 2.45) is 17.6 Å².